The molecule has 0 bridgehead atoms. The molecular formula is C16H14Cl2N2O. The monoisotopic (exact) mass is 320 g/mol. The largest absolute Gasteiger partial charge is 0.331 e. The molecule has 0 N–H and O–H groups in total. The summed E-state index contributed by atoms with van der Waals surface area (Å²) in [7, 11) is 0. The van der Waals surface area contributed by atoms with Gasteiger partial charge in [0, 0.05) is 24.5 Å². The van der Waals surface area contributed by atoms with Crippen molar-refractivity contribution in [3.63, 3.8) is 0 Å². The number of fused-ring (bicyclic) bond motifs is 1. The molecule has 1 aliphatic rings. The van der Waals surface area contributed by atoms with Crippen LogP contribution in [0, 0.1) is 0 Å². The third kappa shape index (κ3) is 2.63. The van der Waals surface area contributed by atoms with E-state index in [1.165, 1.54) is 23.5 Å². The van der Waals surface area contributed by atoms with Gasteiger partial charge in [0.1, 0.15) is 0 Å². The lowest BCUT2D eigenvalue weighted by molar-refractivity contribution is -0.132. The lowest BCUT2D eigenvalue weighted by Gasteiger charge is -2.22. The summed E-state index contributed by atoms with van der Waals surface area (Å²) >= 11 is 12.2. The topological polar surface area (TPSA) is 33.2 Å². The summed E-state index contributed by atoms with van der Waals surface area (Å²) in [4.78, 5) is 18.4. The molecule has 0 aliphatic carbocycles. The summed E-state index contributed by atoms with van der Waals surface area (Å²) in [6.45, 7) is 2.68. The van der Waals surface area contributed by atoms with Gasteiger partial charge < -0.3 is 4.90 Å². The molecule has 2 heterocycles. The quantitative estimate of drug-likeness (QED) is 0.836. The minimum absolute atomic E-state index is 0.0219. The van der Waals surface area contributed by atoms with Crippen molar-refractivity contribution in [1.82, 2.24) is 9.88 Å². The van der Waals surface area contributed by atoms with Gasteiger partial charge in [0.15, 0.2) is 0 Å². The number of benzene rings is 1. The Kier molecular flexibility index (Phi) is 3.87. The Labute approximate surface area is 133 Å². The second-order valence-electron chi connectivity index (χ2n) is 5.15. The molecule has 21 heavy (non-hydrogen) atoms. The normalized spacial score (nSPS) is 16.9. The van der Waals surface area contributed by atoms with Gasteiger partial charge in [0.05, 0.1) is 22.5 Å². The molecule has 5 heteroatoms. The van der Waals surface area contributed by atoms with E-state index in [1.54, 1.807) is 0 Å². The number of halogens is 2. The van der Waals surface area contributed by atoms with Crippen LogP contribution in [-0.4, -0.2) is 15.8 Å². The minimum Gasteiger partial charge on any atom is -0.331 e. The first-order valence-electron chi connectivity index (χ1n) is 6.73. The van der Waals surface area contributed by atoms with E-state index in [4.69, 9.17) is 23.2 Å². The summed E-state index contributed by atoms with van der Waals surface area (Å²) in [5.74, 6) is 0.0219. The van der Waals surface area contributed by atoms with E-state index in [2.05, 4.69) is 17.1 Å². The van der Waals surface area contributed by atoms with Gasteiger partial charge >= 0.3 is 0 Å². The fraction of sp³-hybridized carbons (Fsp3) is 0.250. The summed E-state index contributed by atoms with van der Waals surface area (Å²) in [6.07, 6.45) is 3.22. The zero-order valence-corrected chi connectivity index (χ0v) is 13.0. The number of rotatable bonds is 2. The summed E-state index contributed by atoms with van der Waals surface area (Å²) in [6, 6.07) is 8.20. The van der Waals surface area contributed by atoms with Gasteiger partial charge in [-0.05, 0) is 18.1 Å². The van der Waals surface area contributed by atoms with Crippen LogP contribution in [0.15, 0.2) is 36.7 Å². The average Bonchev–Trinajstić information content (AvgIpc) is 2.81. The smallest absolute Gasteiger partial charge is 0.227 e. The molecule has 3 rings (SSSR count). The van der Waals surface area contributed by atoms with E-state index < -0.39 is 0 Å². The van der Waals surface area contributed by atoms with Crippen LogP contribution in [0.5, 0.6) is 0 Å². The molecular weight excluding hydrogens is 307 g/mol. The standard InChI is InChI=1S/C16H14Cl2N2O/c1-10-12-5-3-2-4-11(12)9-20(10)16(21)6-13-14(17)7-19-8-15(13)18/h2-5,7-8,10H,6,9H2,1H3/t10-/m1/s1. The van der Waals surface area contributed by atoms with Crippen LogP contribution in [0.2, 0.25) is 10.0 Å². The van der Waals surface area contributed by atoms with Crippen molar-refractivity contribution in [2.24, 2.45) is 0 Å². The SMILES string of the molecule is C[C@@H]1c2ccccc2CN1C(=O)Cc1c(Cl)cncc1Cl. The molecule has 1 aromatic heterocycles. The molecule has 0 fully saturated rings. The van der Waals surface area contributed by atoms with Crippen LogP contribution in [0.25, 0.3) is 0 Å². The van der Waals surface area contributed by atoms with Crippen LogP contribution >= 0.6 is 23.2 Å². The molecule has 1 amide bonds. The van der Waals surface area contributed by atoms with Crippen LogP contribution < -0.4 is 0 Å². The highest BCUT2D eigenvalue weighted by molar-refractivity contribution is 6.36. The minimum atomic E-state index is 0.0219. The van der Waals surface area contributed by atoms with Crippen molar-refractivity contribution < 1.29 is 4.79 Å². The van der Waals surface area contributed by atoms with Crippen LogP contribution in [0.1, 0.15) is 29.7 Å². The molecule has 108 valence electrons. The maximum atomic E-state index is 12.6. The molecule has 1 atom stereocenters. The van der Waals surface area contributed by atoms with Gasteiger partial charge in [-0.15, -0.1) is 0 Å². The second-order valence-corrected chi connectivity index (χ2v) is 5.97. The molecule has 0 radical (unpaired) electrons. The number of carbonyl (C=O) groups is 1. The Morgan fingerprint density at radius 2 is 1.95 bits per heavy atom. The molecule has 2 aromatic rings. The summed E-state index contributed by atoms with van der Waals surface area (Å²) in [5.41, 5.74) is 3.05. The van der Waals surface area contributed by atoms with Gasteiger partial charge in [-0.3, -0.25) is 9.78 Å². The zero-order valence-electron chi connectivity index (χ0n) is 11.5. The maximum Gasteiger partial charge on any atom is 0.227 e. The second kappa shape index (κ2) is 5.66. The Bertz CT molecular complexity index is 682. The van der Waals surface area contributed by atoms with Crippen LogP contribution in [0.3, 0.4) is 0 Å². The lowest BCUT2D eigenvalue weighted by atomic mass is 10.1. The molecule has 1 aliphatic heterocycles. The Morgan fingerprint density at radius 3 is 2.62 bits per heavy atom. The van der Waals surface area contributed by atoms with Gasteiger partial charge in [0.2, 0.25) is 5.91 Å². The molecule has 0 saturated carbocycles. The Morgan fingerprint density at radius 1 is 1.29 bits per heavy atom. The maximum absolute atomic E-state index is 12.6. The fourth-order valence-corrected chi connectivity index (χ4v) is 3.24. The highest BCUT2D eigenvalue weighted by atomic mass is 35.5. The number of carbonyl (C=O) groups excluding carboxylic acids is 1. The van der Waals surface area contributed by atoms with E-state index in [1.807, 2.05) is 24.0 Å². The van der Waals surface area contributed by atoms with Gasteiger partial charge in [-0.2, -0.15) is 0 Å². The van der Waals surface area contributed by atoms with Crippen LogP contribution in [-0.2, 0) is 17.8 Å². The van der Waals surface area contributed by atoms with E-state index >= 15 is 0 Å². The molecule has 0 spiro atoms. The number of amides is 1. The highest BCUT2D eigenvalue weighted by Gasteiger charge is 2.30. The van der Waals surface area contributed by atoms with Crippen molar-refractivity contribution in [1.29, 1.82) is 0 Å². The third-order valence-corrected chi connectivity index (χ3v) is 4.57. The fourth-order valence-electron chi connectivity index (χ4n) is 2.74. The molecule has 3 nitrogen and oxygen atoms in total. The highest BCUT2D eigenvalue weighted by Crippen LogP contribution is 2.34. The van der Waals surface area contributed by atoms with Gasteiger partial charge in [-0.1, -0.05) is 47.5 Å². The van der Waals surface area contributed by atoms with Gasteiger partial charge in [-0.25, -0.2) is 0 Å². The number of hydrogen-bond acceptors (Lipinski definition) is 2. The molecule has 1 aromatic carbocycles. The third-order valence-electron chi connectivity index (χ3n) is 3.91. The lowest BCUT2D eigenvalue weighted by Crippen LogP contribution is -2.29. The van der Waals surface area contributed by atoms with Crippen molar-refractivity contribution in [3.05, 3.63) is 63.4 Å². The number of pyridine rings is 1. The van der Waals surface area contributed by atoms with Gasteiger partial charge in [0.25, 0.3) is 0 Å². The van der Waals surface area contributed by atoms with E-state index in [0.717, 1.165) is 0 Å². The van der Waals surface area contributed by atoms with E-state index in [-0.39, 0.29) is 18.4 Å². The van der Waals surface area contributed by atoms with Crippen molar-refractivity contribution >= 4 is 29.1 Å². The summed E-state index contributed by atoms with van der Waals surface area (Å²) < 4.78 is 0. The Balaban J connectivity index is 1.82. The first-order chi connectivity index (χ1) is 10.1. The van der Waals surface area contributed by atoms with Crippen molar-refractivity contribution in [3.8, 4) is 0 Å². The Hall–Kier alpha value is -1.58. The zero-order chi connectivity index (χ0) is 15.0. The number of aromatic nitrogens is 1. The molecule has 0 unspecified atom stereocenters. The van der Waals surface area contributed by atoms with E-state index in [9.17, 15) is 4.79 Å². The van der Waals surface area contributed by atoms with Crippen LogP contribution in [0.4, 0.5) is 0 Å². The average molecular weight is 321 g/mol. The van der Waals surface area contributed by atoms with E-state index in [0.29, 0.717) is 22.2 Å². The first-order valence-corrected chi connectivity index (χ1v) is 7.48. The predicted molar refractivity (Wildman–Crippen MR) is 83.4 cm³/mol. The summed E-state index contributed by atoms with van der Waals surface area (Å²) in [5, 5.41) is 0.862. The predicted octanol–water partition coefficient (Wildman–Crippen LogP) is 4.03. The molecule has 0 saturated heterocycles. The van der Waals surface area contributed by atoms with Crippen molar-refractivity contribution in [2.75, 3.05) is 0 Å². The number of hydrogen-bond donors (Lipinski definition) is 0. The first kappa shape index (κ1) is 14.4. The van der Waals surface area contributed by atoms with Crippen molar-refractivity contribution in [2.45, 2.75) is 25.9 Å². The number of nitrogens with zero attached hydrogens (tertiary/aromatic N) is 2.